The molecule has 0 bridgehead atoms. The minimum atomic E-state index is -4.71. The van der Waals surface area contributed by atoms with Crippen LogP contribution >= 0.6 is 0 Å². The third kappa shape index (κ3) is 6.10. The smallest absolute Gasteiger partial charge is 0.422 e. The Kier molecular flexibility index (Phi) is 6.38. The molecule has 1 amide bonds. The van der Waals surface area contributed by atoms with Crippen molar-refractivity contribution in [3.63, 3.8) is 0 Å². The maximum absolute atomic E-state index is 12.2. The molecule has 1 N–H and O–H groups in total. The van der Waals surface area contributed by atoms with Gasteiger partial charge in [0.1, 0.15) is 6.10 Å². The van der Waals surface area contributed by atoms with Gasteiger partial charge in [0, 0.05) is 11.8 Å². The molecule has 14 heteroatoms. The molecular formula is C18H21F6N3O5. The summed E-state index contributed by atoms with van der Waals surface area (Å²) in [5, 5.41) is 10.6. The highest BCUT2D eigenvalue weighted by molar-refractivity contribution is 5.81. The lowest BCUT2D eigenvalue weighted by molar-refractivity contribution is -0.352. The van der Waals surface area contributed by atoms with Crippen LogP contribution in [0.1, 0.15) is 55.9 Å². The van der Waals surface area contributed by atoms with E-state index in [1.807, 2.05) is 0 Å². The summed E-state index contributed by atoms with van der Waals surface area (Å²) < 4.78 is 91.7. The molecule has 1 aromatic rings. The lowest BCUT2D eigenvalue weighted by Crippen LogP contribution is -2.42. The molecule has 32 heavy (non-hydrogen) atoms. The van der Waals surface area contributed by atoms with Crippen LogP contribution in [-0.2, 0) is 19.0 Å². The molecule has 0 unspecified atom stereocenters. The molecule has 2 aliphatic carbocycles. The van der Waals surface area contributed by atoms with Gasteiger partial charge in [-0.1, -0.05) is 0 Å². The number of nitrogens with one attached hydrogen (secondary N) is 1. The number of amides is 1. The largest absolute Gasteiger partial charge is 0.522 e. The number of carbonyl (C=O) groups is 1. The predicted molar refractivity (Wildman–Crippen MR) is 90.7 cm³/mol. The van der Waals surface area contributed by atoms with Gasteiger partial charge in [0.2, 0.25) is 17.7 Å². The van der Waals surface area contributed by atoms with Crippen molar-refractivity contribution in [1.82, 2.24) is 15.5 Å². The molecule has 4 rings (SSSR count). The second-order valence-electron chi connectivity index (χ2n) is 8.30. The standard InChI is InChI=1S/C18H21F6N3O5/c19-17(20,21)30-6-9-5-12(9)14(28)25-10-1-2-13(29-7-10)16-27-26-15(31-16)8-3-11(4-8)32-18(22,23)24/h8-13H,1-7H2,(H,25,28)/t8?,9-,10-,11?,12+,13+/m0/s1. The van der Waals surface area contributed by atoms with Crippen molar-refractivity contribution in [2.45, 2.75) is 69.0 Å². The van der Waals surface area contributed by atoms with E-state index >= 15 is 0 Å². The monoisotopic (exact) mass is 473 g/mol. The Bertz CT molecular complexity index is 802. The highest BCUT2D eigenvalue weighted by Crippen LogP contribution is 2.42. The molecule has 0 aromatic carbocycles. The topological polar surface area (TPSA) is 95.7 Å². The summed E-state index contributed by atoms with van der Waals surface area (Å²) in [5.74, 6) is -1.11. The summed E-state index contributed by atoms with van der Waals surface area (Å²) >= 11 is 0. The number of aromatic nitrogens is 2. The lowest BCUT2D eigenvalue weighted by Gasteiger charge is -2.33. The van der Waals surface area contributed by atoms with Gasteiger partial charge in [0.15, 0.2) is 0 Å². The first-order chi connectivity index (χ1) is 15.0. The Morgan fingerprint density at radius 2 is 1.75 bits per heavy atom. The first-order valence-corrected chi connectivity index (χ1v) is 10.2. The number of hydrogen-bond donors (Lipinski definition) is 1. The van der Waals surface area contributed by atoms with Crippen LogP contribution < -0.4 is 5.32 Å². The highest BCUT2D eigenvalue weighted by Gasteiger charge is 2.46. The molecule has 8 nitrogen and oxygen atoms in total. The van der Waals surface area contributed by atoms with Crippen molar-refractivity contribution in [1.29, 1.82) is 0 Å². The Labute approximate surface area is 178 Å². The lowest BCUT2D eigenvalue weighted by atomic mass is 9.82. The summed E-state index contributed by atoms with van der Waals surface area (Å²) in [5.41, 5.74) is 0. The van der Waals surface area contributed by atoms with Crippen molar-refractivity contribution < 1.29 is 49.8 Å². The zero-order valence-electron chi connectivity index (χ0n) is 16.6. The number of rotatable bonds is 7. The molecule has 180 valence electrons. The van der Waals surface area contributed by atoms with Gasteiger partial charge in [-0.15, -0.1) is 36.5 Å². The van der Waals surface area contributed by atoms with Crippen molar-refractivity contribution in [2.24, 2.45) is 11.8 Å². The zero-order valence-corrected chi connectivity index (χ0v) is 16.6. The average Bonchev–Trinajstić information content (AvgIpc) is 3.29. The van der Waals surface area contributed by atoms with E-state index in [1.165, 1.54) is 0 Å². The van der Waals surface area contributed by atoms with Crippen molar-refractivity contribution in [3.8, 4) is 0 Å². The Morgan fingerprint density at radius 3 is 2.38 bits per heavy atom. The van der Waals surface area contributed by atoms with E-state index in [9.17, 15) is 31.1 Å². The summed E-state index contributed by atoms with van der Waals surface area (Å²) in [7, 11) is 0. The van der Waals surface area contributed by atoms with E-state index in [0.29, 0.717) is 19.3 Å². The summed E-state index contributed by atoms with van der Waals surface area (Å²) in [6.45, 7) is -0.371. The second kappa shape index (κ2) is 8.78. The van der Waals surface area contributed by atoms with Crippen molar-refractivity contribution in [2.75, 3.05) is 13.2 Å². The number of carbonyl (C=O) groups excluding carboxylic acids is 1. The highest BCUT2D eigenvalue weighted by atomic mass is 19.4. The zero-order chi connectivity index (χ0) is 23.1. The van der Waals surface area contributed by atoms with E-state index in [-0.39, 0.29) is 49.1 Å². The molecular weight excluding hydrogens is 452 g/mol. The summed E-state index contributed by atoms with van der Waals surface area (Å²) in [6, 6.07) is -0.294. The maximum Gasteiger partial charge on any atom is 0.522 e. The molecule has 4 atom stereocenters. The van der Waals surface area contributed by atoms with Gasteiger partial charge >= 0.3 is 12.7 Å². The summed E-state index contributed by atoms with van der Waals surface area (Å²) in [4.78, 5) is 12.2. The number of ether oxygens (including phenoxy) is 3. The molecule has 0 spiro atoms. The maximum atomic E-state index is 12.2. The van der Waals surface area contributed by atoms with Gasteiger partial charge in [-0.2, -0.15) is 0 Å². The van der Waals surface area contributed by atoms with Crippen LogP contribution in [0.3, 0.4) is 0 Å². The Hall–Kier alpha value is -1.93. The fourth-order valence-electron chi connectivity index (χ4n) is 3.92. The molecule has 2 saturated carbocycles. The summed E-state index contributed by atoms with van der Waals surface area (Å²) in [6.07, 6.45) is -9.18. The van der Waals surface area contributed by atoms with Gasteiger partial charge in [-0.25, -0.2) is 0 Å². The molecule has 2 heterocycles. The first-order valence-electron chi connectivity index (χ1n) is 10.2. The predicted octanol–water partition coefficient (Wildman–Crippen LogP) is 3.36. The van der Waals surface area contributed by atoms with Crippen molar-refractivity contribution in [3.05, 3.63) is 11.8 Å². The van der Waals surface area contributed by atoms with Crippen LogP contribution in [0.25, 0.3) is 0 Å². The third-order valence-electron chi connectivity index (χ3n) is 5.82. The van der Waals surface area contributed by atoms with Crippen LogP contribution in [0, 0.1) is 11.8 Å². The van der Waals surface area contributed by atoms with Crippen LogP contribution in [0.2, 0.25) is 0 Å². The van der Waals surface area contributed by atoms with Crippen molar-refractivity contribution >= 4 is 5.91 Å². The van der Waals surface area contributed by atoms with Crippen LogP contribution in [0.15, 0.2) is 4.42 Å². The molecule has 1 aliphatic heterocycles. The molecule has 3 fully saturated rings. The SMILES string of the molecule is O=C(N[C@H]1CC[C@H](c2nnc(C3CC(OC(F)(F)F)C3)o2)OC1)[C@@H]1C[C@H]1COC(F)(F)F. The van der Waals surface area contributed by atoms with E-state index in [2.05, 4.69) is 25.0 Å². The van der Waals surface area contributed by atoms with Gasteiger partial charge in [0.05, 0.1) is 25.4 Å². The molecule has 1 aromatic heterocycles. The first kappa shape index (κ1) is 23.2. The molecule has 3 aliphatic rings. The fourth-order valence-corrected chi connectivity index (χ4v) is 3.92. The minimum absolute atomic E-state index is 0.136. The second-order valence-corrected chi connectivity index (χ2v) is 8.30. The van der Waals surface area contributed by atoms with E-state index in [4.69, 9.17) is 9.15 Å². The minimum Gasteiger partial charge on any atom is -0.422 e. The normalized spacial score (nSPS) is 32.9. The van der Waals surface area contributed by atoms with E-state index < -0.39 is 43.4 Å². The van der Waals surface area contributed by atoms with Crippen LogP contribution in [0.5, 0.6) is 0 Å². The molecule has 0 radical (unpaired) electrons. The number of halogens is 6. The quantitative estimate of drug-likeness (QED) is 0.607. The Balaban J connectivity index is 1.16. The van der Waals surface area contributed by atoms with E-state index in [1.54, 1.807) is 0 Å². The van der Waals surface area contributed by atoms with Gasteiger partial charge in [-0.3, -0.25) is 14.3 Å². The molecule has 1 saturated heterocycles. The van der Waals surface area contributed by atoms with Crippen LogP contribution in [-0.4, -0.2) is 54.2 Å². The fraction of sp³-hybridized carbons (Fsp3) is 0.833. The number of nitrogens with zero attached hydrogens (tertiary/aromatic N) is 2. The van der Waals surface area contributed by atoms with Gasteiger partial charge < -0.3 is 14.5 Å². The van der Waals surface area contributed by atoms with Crippen LogP contribution in [0.4, 0.5) is 26.3 Å². The van der Waals surface area contributed by atoms with Gasteiger partial charge in [0.25, 0.3) is 0 Å². The number of hydrogen-bond acceptors (Lipinski definition) is 7. The average molecular weight is 473 g/mol. The van der Waals surface area contributed by atoms with E-state index in [0.717, 1.165) is 0 Å². The number of alkyl halides is 6. The third-order valence-corrected chi connectivity index (χ3v) is 5.82. The van der Waals surface area contributed by atoms with Gasteiger partial charge in [-0.05, 0) is 38.0 Å². The Morgan fingerprint density at radius 1 is 1.03 bits per heavy atom.